The summed E-state index contributed by atoms with van der Waals surface area (Å²) in [5.41, 5.74) is -1.25. The van der Waals surface area contributed by atoms with Gasteiger partial charge in [-0.1, -0.05) is 0 Å². The van der Waals surface area contributed by atoms with Crippen LogP contribution in [0, 0.1) is 0 Å². The molecule has 0 aliphatic heterocycles. The lowest BCUT2D eigenvalue weighted by atomic mass is 10.2. The zero-order valence-electron chi connectivity index (χ0n) is 8.12. The van der Waals surface area contributed by atoms with Crippen molar-refractivity contribution in [1.29, 1.82) is 0 Å². The molecule has 1 aliphatic rings. The highest BCUT2D eigenvalue weighted by atomic mass is 19.4. The number of halogens is 3. The Morgan fingerprint density at radius 3 is 2.62 bits per heavy atom. The van der Waals surface area contributed by atoms with Crippen molar-refractivity contribution in [3.63, 3.8) is 0 Å². The number of hydrogen-bond donors (Lipinski definition) is 0. The molecule has 0 spiro atoms. The molecule has 0 saturated heterocycles. The molecule has 1 aliphatic carbocycles. The first-order chi connectivity index (χ1) is 7.52. The van der Waals surface area contributed by atoms with E-state index in [9.17, 15) is 18.0 Å². The fourth-order valence-corrected chi connectivity index (χ4v) is 1.23. The van der Waals surface area contributed by atoms with Crippen LogP contribution in [0.15, 0.2) is 12.3 Å². The van der Waals surface area contributed by atoms with Gasteiger partial charge in [-0.25, -0.2) is 4.98 Å². The minimum atomic E-state index is -4.61. The molecule has 0 N–H and O–H groups in total. The second-order valence-corrected chi connectivity index (χ2v) is 3.51. The maximum absolute atomic E-state index is 12.6. The Morgan fingerprint density at radius 1 is 1.44 bits per heavy atom. The van der Waals surface area contributed by atoms with Crippen LogP contribution in [-0.2, 0) is 6.18 Å². The largest absolute Gasteiger partial charge is 0.487 e. The van der Waals surface area contributed by atoms with Crippen molar-refractivity contribution in [3.8, 4) is 5.75 Å². The highest BCUT2D eigenvalue weighted by molar-refractivity contribution is 5.79. The molecule has 1 fully saturated rings. The molecule has 0 bridgehead atoms. The smallest absolute Gasteiger partial charge is 0.437 e. The Labute approximate surface area is 89.2 Å². The summed E-state index contributed by atoms with van der Waals surface area (Å²) >= 11 is 0. The lowest BCUT2D eigenvalue weighted by molar-refractivity contribution is -0.142. The van der Waals surface area contributed by atoms with Crippen molar-refractivity contribution in [2.75, 3.05) is 0 Å². The van der Waals surface area contributed by atoms with E-state index in [1.165, 1.54) is 6.07 Å². The maximum atomic E-state index is 12.6. The summed E-state index contributed by atoms with van der Waals surface area (Å²) in [6.07, 6.45) is -2.11. The summed E-state index contributed by atoms with van der Waals surface area (Å²) in [6.45, 7) is 0. The van der Waals surface area contributed by atoms with Crippen molar-refractivity contribution in [2.45, 2.75) is 25.1 Å². The molecule has 0 aromatic carbocycles. The number of rotatable bonds is 3. The molecule has 0 radical (unpaired) electrons. The van der Waals surface area contributed by atoms with Gasteiger partial charge in [0.25, 0.3) is 0 Å². The summed E-state index contributed by atoms with van der Waals surface area (Å²) in [4.78, 5) is 13.9. The van der Waals surface area contributed by atoms with Crippen molar-refractivity contribution in [1.82, 2.24) is 4.98 Å². The first-order valence-electron chi connectivity index (χ1n) is 4.70. The predicted molar refractivity (Wildman–Crippen MR) is 48.3 cm³/mol. The van der Waals surface area contributed by atoms with Gasteiger partial charge < -0.3 is 4.74 Å². The van der Waals surface area contributed by atoms with Crippen molar-refractivity contribution >= 4 is 6.29 Å². The monoisotopic (exact) mass is 231 g/mol. The van der Waals surface area contributed by atoms with Crippen molar-refractivity contribution in [3.05, 3.63) is 23.5 Å². The van der Waals surface area contributed by atoms with Crippen LogP contribution >= 0.6 is 0 Å². The molecule has 1 aromatic rings. The predicted octanol–water partition coefficient (Wildman–Crippen LogP) is 2.45. The summed E-state index contributed by atoms with van der Waals surface area (Å²) in [6, 6.07) is 1.21. The van der Waals surface area contributed by atoms with Gasteiger partial charge in [0.2, 0.25) is 0 Å². The van der Waals surface area contributed by atoms with Gasteiger partial charge in [-0.15, -0.1) is 0 Å². The first kappa shape index (κ1) is 10.9. The van der Waals surface area contributed by atoms with E-state index in [-0.39, 0.29) is 11.7 Å². The Hall–Kier alpha value is -1.59. The minimum Gasteiger partial charge on any atom is -0.487 e. The lowest BCUT2D eigenvalue weighted by Crippen LogP contribution is -2.13. The normalized spacial score (nSPS) is 15.9. The highest BCUT2D eigenvalue weighted by Crippen LogP contribution is 2.38. The van der Waals surface area contributed by atoms with E-state index in [1.807, 2.05) is 0 Å². The molecule has 1 heterocycles. The van der Waals surface area contributed by atoms with Gasteiger partial charge in [0.1, 0.15) is 0 Å². The number of pyridine rings is 1. The molecule has 3 nitrogen and oxygen atoms in total. The zero-order valence-corrected chi connectivity index (χ0v) is 8.12. The minimum absolute atomic E-state index is 0.116. The van der Waals surface area contributed by atoms with E-state index in [2.05, 4.69) is 4.98 Å². The van der Waals surface area contributed by atoms with Crippen LogP contribution in [0.3, 0.4) is 0 Å². The fourth-order valence-electron chi connectivity index (χ4n) is 1.23. The van der Waals surface area contributed by atoms with Gasteiger partial charge in [-0.3, -0.25) is 4.79 Å². The maximum Gasteiger partial charge on any atom is 0.437 e. The molecular formula is C10H8F3NO2. The third kappa shape index (κ3) is 2.15. The SMILES string of the molecule is O=Cc1ccnc(C(F)(F)F)c1OC1CC1. The number of nitrogens with zero attached hydrogens (tertiary/aromatic N) is 1. The summed E-state index contributed by atoms with van der Waals surface area (Å²) < 4.78 is 42.8. The van der Waals surface area contributed by atoms with Gasteiger partial charge in [0.15, 0.2) is 17.7 Å². The Morgan fingerprint density at radius 2 is 2.12 bits per heavy atom. The van der Waals surface area contributed by atoms with E-state index in [4.69, 9.17) is 4.74 Å². The second-order valence-electron chi connectivity index (χ2n) is 3.51. The quantitative estimate of drug-likeness (QED) is 0.750. The third-order valence-electron chi connectivity index (χ3n) is 2.14. The Kier molecular flexibility index (Phi) is 2.57. The van der Waals surface area contributed by atoms with Gasteiger partial charge in [-0.05, 0) is 18.9 Å². The van der Waals surface area contributed by atoms with Gasteiger partial charge in [-0.2, -0.15) is 13.2 Å². The highest BCUT2D eigenvalue weighted by Gasteiger charge is 2.39. The topological polar surface area (TPSA) is 39.2 Å². The lowest BCUT2D eigenvalue weighted by Gasteiger charge is -2.13. The van der Waals surface area contributed by atoms with Crippen LogP contribution in [0.2, 0.25) is 0 Å². The number of carbonyl (C=O) groups excluding carboxylic acids is 1. The van der Waals surface area contributed by atoms with E-state index in [0.29, 0.717) is 19.1 Å². The van der Waals surface area contributed by atoms with Crippen molar-refractivity contribution < 1.29 is 22.7 Å². The van der Waals surface area contributed by atoms with Crippen LogP contribution < -0.4 is 4.74 Å². The van der Waals surface area contributed by atoms with Gasteiger partial charge >= 0.3 is 6.18 Å². The van der Waals surface area contributed by atoms with Crippen LogP contribution in [0.25, 0.3) is 0 Å². The van der Waals surface area contributed by atoms with E-state index in [0.717, 1.165) is 6.20 Å². The number of aromatic nitrogens is 1. The van der Waals surface area contributed by atoms with E-state index >= 15 is 0 Å². The van der Waals surface area contributed by atoms with Gasteiger partial charge in [0.05, 0.1) is 11.7 Å². The molecule has 86 valence electrons. The van der Waals surface area contributed by atoms with Crippen LogP contribution in [0.4, 0.5) is 13.2 Å². The van der Waals surface area contributed by atoms with Crippen molar-refractivity contribution in [2.24, 2.45) is 0 Å². The van der Waals surface area contributed by atoms with Crippen LogP contribution in [0.1, 0.15) is 28.9 Å². The van der Waals surface area contributed by atoms with Crippen LogP contribution in [0.5, 0.6) is 5.75 Å². The molecule has 16 heavy (non-hydrogen) atoms. The summed E-state index contributed by atoms with van der Waals surface area (Å²) in [5, 5.41) is 0. The zero-order chi connectivity index (χ0) is 11.8. The van der Waals surface area contributed by atoms with E-state index in [1.54, 1.807) is 0 Å². The Bertz CT molecular complexity index is 413. The number of ether oxygens (including phenoxy) is 1. The second kappa shape index (κ2) is 3.77. The molecule has 0 atom stereocenters. The Balaban J connectivity index is 2.44. The third-order valence-corrected chi connectivity index (χ3v) is 2.14. The number of hydrogen-bond acceptors (Lipinski definition) is 3. The molecule has 1 saturated carbocycles. The standard InChI is InChI=1S/C10H8F3NO2/c11-10(12,13)9-8(16-7-1-2-7)6(5-15)3-4-14-9/h3-5,7H,1-2H2. The molecule has 2 rings (SSSR count). The summed E-state index contributed by atoms with van der Waals surface area (Å²) in [7, 11) is 0. The number of aldehydes is 1. The van der Waals surface area contributed by atoms with Gasteiger partial charge in [0, 0.05) is 6.20 Å². The first-order valence-corrected chi connectivity index (χ1v) is 4.70. The average molecular weight is 231 g/mol. The molecule has 6 heteroatoms. The number of carbonyl (C=O) groups is 1. The molecule has 0 amide bonds. The number of alkyl halides is 3. The fraction of sp³-hybridized carbons (Fsp3) is 0.400. The average Bonchev–Trinajstić information content (AvgIpc) is 3.00. The molecule has 1 aromatic heterocycles. The summed E-state index contributed by atoms with van der Waals surface area (Å²) in [5.74, 6) is -0.451. The van der Waals surface area contributed by atoms with Crippen LogP contribution in [-0.4, -0.2) is 17.4 Å². The van der Waals surface area contributed by atoms with E-state index < -0.39 is 17.6 Å². The molecule has 0 unspecified atom stereocenters. The molecular weight excluding hydrogens is 223 g/mol.